The molecule has 0 spiro atoms. The summed E-state index contributed by atoms with van der Waals surface area (Å²) in [6.45, 7) is 0. The standard InChI is InChI=1S/C12H11N5.H2O/c13-11-10-12(15-7-14-10)17-9(16-11)6-8-4-2-1-3-5-8;/h1-5,7H,6H2,(H3,13,14,15,16,17);1H2. The van der Waals surface area contributed by atoms with Gasteiger partial charge in [0.1, 0.15) is 11.3 Å². The zero-order valence-electron chi connectivity index (χ0n) is 9.59. The molecule has 0 bridgehead atoms. The van der Waals surface area contributed by atoms with E-state index in [0.29, 0.717) is 29.2 Å². The zero-order chi connectivity index (χ0) is 11.7. The second-order valence-corrected chi connectivity index (χ2v) is 3.79. The predicted octanol–water partition coefficient (Wildman–Crippen LogP) is 0.701. The number of hydrogen-bond donors (Lipinski definition) is 2. The van der Waals surface area contributed by atoms with Gasteiger partial charge in [0.05, 0.1) is 6.33 Å². The molecule has 0 radical (unpaired) electrons. The molecule has 18 heavy (non-hydrogen) atoms. The van der Waals surface area contributed by atoms with Crippen molar-refractivity contribution in [2.24, 2.45) is 0 Å². The van der Waals surface area contributed by atoms with E-state index in [1.54, 1.807) is 6.33 Å². The molecule has 2 heterocycles. The second-order valence-electron chi connectivity index (χ2n) is 3.79. The molecule has 0 atom stereocenters. The van der Waals surface area contributed by atoms with Crippen molar-refractivity contribution in [1.29, 1.82) is 0 Å². The highest BCUT2D eigenvalue weighted by Crippen LogP contribution is 2.14. The van der Waals surface area contributed by atoms with Crippen LogP contribution in [0.25, 0.3) is 11.2 Å². The monoisotopic (exact) mass is 243 g/mol. The molecule has 1 aromatic carbocycles. The molecule has 0 aliphatic rings. The number of fused-ring (bicyclic) bond motifs is 1. The summed E-state index contributed by atoms with van der Waals surface area (Å²) in [4.78, 5) is 15.6. The fourth-order valence-electron chi connectivity index (χ4n) is 1.76. The molecule has 0 aliphatic carbocycles. The molecule has 0 fully saturated rings. The average molecular weight is 243 g/mol. The number of aromatic nitrogens is 4. The maximum atomic E-state index is 5.83. The Morgan fingerprint density at radius 1 is 1.11 bits per heavy atom. The van der Waals surface area contributed by atoms with Crippen LogP contribution in [0.2, 0.25) is 0 Å². The Morgan fingerprint density at radius 3 is 2.67 bits per heavy atom. The van der Waals surface area contributed by atoms with E-state index in [-0.39, 0.29) is 5.48 Å². The number of nitrogens with two attached hydrogens (primary N) is 1. The topological polar surface area (TPSA) is 112 Å². The van der Waals surface area contributed by atoms with E-state index < -0.39 is 0 Å². The first-order valence-electron chi connectivity index (χ1n) is 5.32. The highest BCUT2D eigenvalue weighted by atomic mass is 16.0. The number of hydrogen-bond acceptors (Lipinski definition) is 4. The first kappa shape index (κ1) is 12.0. The van der Waals surface area contributed by atoms with Crippen LogP contribution in [0.1, 0.15) is 11.4 Å². The molecular weight excluding hydrogens is 230 g/mol. The lowest BCUT2D eigenvalue weighted by atomic mass is 10.1. The van der Waals surface area contributed by atoms with Gasteiger partial charge in [0.25, 0.3) is 0 Å². The van der Waals surface area contributed by atoms with E-state index in [4.69, 9.17) is 5.73 Å². The van der Waals surface area contributed by atoms with Crippen LogP contribution in [0.4, 0.5) is 5.82 Å². The van der Waals surface area contributed by atoms with Gasteiger partial charge in [-0.2, -0.15) is 0 Å². The molecule has 0 saturated carbocycles. The predicted molar refractivity (Wildman–Crippen MR) is 69.0 cm³/mol. The summed E-state index contributed by atoms with van der Waals surface area (Å²) in [5.41, 5.74) is 8.30. The molecule has 6 heteroatoms. The minimum atomic E-state index is 0. The molecule has 0 saturated heterocycles. The van der Waals surface area contributed by atoms with Gasteiger partial charge < -0.3 is 16.2 Å². The lowest BCUT2D eigenvalue weighted by Gasteiger charge is -2.02. The molecule has 0 aliphatic heterocycles. The molecule has 2 aromatic heterocycles. The minimum absolute atomic E-state index is 0. The van der Waals surface area contributed by atoms with E-state index in [2.05, 4.69) is 19.9 Å². The van der Waals surface area contributed by atoms with Gasteiger partial charge in [-0.3, -0.25) is 0 Å². The summed E-state index contributed by atoms with van der Waals surface area (Å²) in [7, 11) is 0. The molecular formula is C12H13N5O. The third kappa shape index (κ3) is 2.14. The normalized spacial score (nSPS) is 10.2. The van der Waals surface area contributed by atoms with Crippen LogP contribution in [0.15, 0.2) is 36.7 Å². The van der Waals surface area contributed by atoms with E-state index in [9.17, 15) is 0 Å². The molecule has 0 amide bonds. The number of imidazole rings is 1. The Kier molecular flexibility index (Phi) is 3.20. The van der Waals surface area contributed by atoms with Crippen molar-refractivity contribution in [3.8, 4) is 0 Å². The number of nitrogens with one attached hydrogen (secondary N) is 1. The van der Waals surface area contributed by atoms with E-state index >= 15 is 0 Å². The summed E-state index contributed by atoms with van der Waals surface area (Å²) in [5, 5.41) is 0. The van der Waals surface area contributed by atoms with Crippen molar-refractivity contribution in [2.45, 2.75) is 6.42 Å². The van der Waals surface area contributed by atoms with E-state index in [1.165, 1.54) is 0 Å². The summed E-state index contributed by atoms with van der Waals surface area (Å²) in [6, 6.07) is 10.0. The van der Waals surface area contributed by atoms with Crippen LogP contribution in [0, 0.1) is 0 Å². The Balaban J connectivity index is 0.00000120. The fraction of sp³-hybridized carbons (Fsp3) is 0.0833. The van der Waals surface area contributed by atoms with Gasteiger partial charge >= 0.3 is 0 Å². The Labute approximate surface area is 103 Å². The van der Waals surface area contributed by atoms with Crippen LogP contribution in [-0.4, -0.2) is 25.4 Å². The number of nitrogen functional groups attached to an aromatic ring is 1. The van der Waals surface area contributed by atoms with Gasteiger partial charge in [-0.15, -0.1) is 0 Å². The first-order chi connectivity index (χ1) is 8.33. The van der Waals surface area contributed by atoms with Crippen molar-refractivity contribution in [3.63, 3.8) is 0 Å². The van der Waals surface area contributed by atoms with Crippen LogP contribution < -0.4 is 5.73 Å². The Hall–Kier alpha value is -2.47. The molecule has 3 rings (SSSR count). The van der Waals surface area contributed by atoms with Gasteiger partial charge in [-0.1, -0.05) is 30.3 Å². The van der Waals surface area contributed by atoms with Crippen LogP contribution in [0.3, 0.4) is 0 Å². The van der Waals surface area contributed by atoms with Gasteiger partial charge in [0.2, 0.25) is 0 Å². The number of aromatic amines is 1. The first-order valence-corrected chi connectivity index (χ1v) is 5.32. The summed E-state index contributed by atoms with van der Waals surface area (Å²) in [6.07, 6.45) is 2.23. The number of anilines is 1. The van der Waals surface area contributed by atoms with Crippen LogP contribution >= 0.6 is 0 Å². The minimum Gasteiger partial charge on any atom is -0.412 e. The lowest BCUT2D eigenvalue weighted by molar-refractivity contribution is 0.824. The number of H-pyrrole nitrogens is 1. The van der Waals surface area contributed by atoms with Crippen molar-refractivity contribution < 1.29 is 5.48 Å². The molecule has 92 valence electrons. The van der Waals surface area contributed by atoms with Crippen LogP contribution in [-0.2, 0) is 6.42 Å². The number of nitrogens with zero attached hydrogens (tertiary/aromatic N) is 3. The maximum Gasteiger partial charge on any atom is 0.183 e. The second kappa shape index (κ2) is 4.80. The third-order valence-electron chi connectivity index (χ3n) is 2.56. The van der Waals surface area contributed by atoms with Crippen molar-refractivity contribution in [3.05, 3.63) is 48.0 Å². The smallest absolute Gasteiger partial charge is 0.183 e. The fourth-order valence-corrected chi connectivity index (χ4v) is 1.76. The largest absolute Gasteiger partial charge is 0.412 e. The number of rotatable bonds is 2. The SMILES string of the molecule is Nc1nc(Cc2ccccc2)nc2nc[nH]c12.O. The summed E-state index contributed by atoms with van der Waals surface area (Å²) >= 11 is 0. The number of benzene rings is 1. The average Bonchev–Trinajstić information content (AvgIpc) is 2.79. The van der Waals surface area contributed by atoms with Gasteiger partial charge in [-0.25, -0.2) is 15.0 Å². The van der Waals surface area contributed by atoms with Crippen molar-refractivity contribution in [1.82, 2.24) is 19.9 Å². The molecule has 0 unspecified atom stereocenters. The highest BCUT2D eigenvalue weighted by Gasteiger charge is 2.07. The quantitative estimate of drug-likeness (QED) is 0.689. The molecule has 3 aromatic rings. The third-order valence-corrected chi connectivity index (χ3v) is 2.56. The van der Waals surface area contributed by atoms with Gasteiger partial charge in [0.15, 0.2) is 11.5 Å². The van der Waals surface area contributed by atoms with E-state index in [0.717, 1.165) is 5.56 Å². The lowest BCUT2D eigenvalue weighted by Crippen LogP contribution is -2.01. The Morgan fingerprint density at radius 2 is 1.89 bits per heavy atom. The van der Waals surface area contributed by atoms with Crippen molar-refractivity contribution >= 4 is 17.0 Å². The van der Waals surface area contributed by atoms with Crippen LogP contribution in [0.5, 0.6) is 0 Å². The van der Waals surface area contributed by atoms with Gasteiger partial charge in [-0.05, 0) is 5.56 Å². The van der Waals surface area contributed by atoms with E-state index in [1.807, 2.05) is 30.3 Å². The van der Waals surface area contributed by atoms with Crippen molar-refractivity contribution in [2.75, 3.05) is 5.73 Å². The summed E-state index contributed by atoms with van der Waals surface area (Å²) in [5.74, 6) is 1.13. The Bertz CT molecular complexity index is 650. The van der Waals surface area contributed by atoms with Gasteiger partial charge in [0, 0.05) is 6.42 Å². The molecule has 6 nitrogen and oxygen atoms in total. The maximum absolute atomic E-state index is 5.83. The molecule has 5 N–H and O–H groups in total. The summed E-state index contributed by atoms with van der Waals surface area (Å²) < 4.78 is 0. The highest BCUT2D eigenvalue weighted by molar-refractivity contribution is 5.80. The zero-order valence-corrected chi connectivity index (χ0v) is 9.59.